The van der Waals surface area contributed by atoms with Gasteiger partial charge in [-0.1, -0.05) is 0 Å². The third-order valence-electron chi connectivity index (χ3n) is 4.27. The molecule has 0 atom stereocenters. The lowest BCUT2D eigenvalue weighted by Gasteiger charge is -2.34. The lowest BCUT2D eigenvalue weighted by atomic mass is 10.00. The number of nitrogens with one attached hydrogen (secondary N) is 1. The maximum absolute atomic E-state index is 12.6. The Morgan fingerprint density at radius 2 is 1.83 bits per heavy atom. The van der Waals surface area contributed by atoms with Gasteiger partial charge >= 0.3 is 11.9 Å². The Hall–Kier alpha value is -3.25. The molecule has 0 unspecified atom stereocenters. The molecule has 158 valence electrons. The van der Waals surface area contributed by atoms with Gasteiger partial charge in [0.25, 0.3) is 0 Å². The lowest BCUT2D eigenvalue weighted by molar-refractivity contribution is -0.138. The predicted molar refractivity (Wildman–Crippen MR) is 114 cm³/mol. The van der Waals surface area contributed by atoms with Gasteiger partial charge in [0, 0.05) is 17.0 Å². The average molecular weight is 429 g/mol. The number of hydrogen-bond acceptors (Lipinski definition) is 8. The minimum absolute atomic E-state index is 0.102. The molecule has 0 amide bonds. The zero-order chi connectivity index (χ0) is 22.3. The third-order valence-corrected chi connectivity index (χ3v) is 5.11. The minimum atomic E-state index is -0.777. The van der Waals surface area contributed by atoms with Gasteiger partial charge in [-0.25, -0.2) is 9.59 Å². The summed E-state index contributed by atoms with van der Waals surface area (Å²) >= 11 is 1.27. The summed E-state index contributed by atoms with van der Waals surface area (Å²) in [5.41, 5.74) is 0.648. The number of rotatable bonds is 7. The van der Waals surface area contributed by atoms with Gasteiger partial charge in [-0.15, -0.1) is 11.8 Å². The van der Waals surface area contributed by atoms with Crippen LogP contribution in [0.4, 0.5) is 5.69 Å². The average Bonchev–Trinajstić information content (AvgIpc) is 2.74. The lowest BCUT2D eigenvalue weighted by Crippen LogP contribution is -2.39. The van der Waals surface area contributed by atoms with Gasteiger partial charge < -0.3 is 14.2 Å². The number of allylic oxidation sites excluding steroid dienone is 1. The van der Waals surface area contributed by atoms with E-state index >= 15 is 0 Å². The summed E-state index contributed by atoms with van der Waals surface area (Å²) in [5, 5.41) is 18.4. The molecule has 1 aliphatic rings. The van der Waals surface area contributed by atoms with Crippen LogP contribution in [0.25, 0.3) is 0 Å². The molecule has 2 rings (SSSR count). The Balaban J connectivity index is 2.74. The van der Waals surface area contributed by atoms with E-state index in [1.807, 2.05) is 6.07 Å². The van der Waals surface area contributed by atoms with Gasteiger partial charge in [0.1, 0.15) is 23.2 Å². The first kappa shape index (κ1) is 23.0. The molecule has 30 heavy (non-hydrogen) atoms. The molecular weight excluding hydrogens is 406 g/mol. The van der Waals surface area contributed by atoms with Crippen molar-refractivity contribution < 1.29 is 23.8 Å². The third kappa shape index (κ3) is 4.66. The van der Waals surface area contributed by atoms with Crippen LogP contribution in [0.5, 0.6) is 5.75 Å². The molecule has 1 aromatic rings. The second-order valence-corrected chi connectivity index (χ2v) is 6.84. The quantitative estimate of drug-likeness (QED) is 0.399. The van der Waals surface area contributed by atoms with Crippen molar-refractivity contribution in [3.05, 3.63) is 46.0 Å². The van der Waals surface area contributed by atoms with E-state index < -0.39 is 11.9 Å². The number of anilines is 1. The summed E-state index contributed by atoms with van der Waals surface area (Å²) in [6, 6.07) is 8.65. The molecule has 1 N–H and O–H groups in total. The van der Waals surface area contributed by atoms with Gasteiger partial charge in [0.15, 0.2) is 5.57 Å². The van der Waals surface area contributed by atoms with Crippen molar-refractivity contribution in [1.29, 1.82) is 10.7 Å². The fourth-order valence-corrected chi connectivity index (χ4v) is 3.60. The Morgan fingerprint density at radius 1 is 1.20 bits per heavy atom. The molecule has 1 aliphatic heterocycles. The van der Waals surface area contributed by atoms with Crippen LogP contribution in [-0.4, -0.2) is 44.4 Å². The molecular formula is C21H23N3O5S. The first-order chi connectivity index (χ1) is 14.4. The van der Waals surface area contributed by atoms with Crippen molar-refractivity contribution >= 4 is 35.2 Å². The van der Waals surface area contributed by atoms with Crippen LogP contribution in [0, 0.1) is 16.7 Å². The highest BCUT2D eigenvalue weighted by Crippen LogP contribution is 2.38. The van der Waals surface area contributed by atoms with E-state index in [9.17, 15) is 14.9 Å². The molecule has 1 heterocycles. The van der Waals surface area contributed by atoms with Crippen LogP contribution in [0.1, 0.15) is 20.3 Å². The number of ether oxygens (including phenoxy) is 3. The molecule has 0 bridgehead atoms. The molecule has 0 spiro atoms. The van der Waals surface area contributed by atoms with Crippen molar-refractivity contribution in [3.63, 3.8) is 0 Å². The van der Waals surface area contributed by atoms with Crippen LogP contribution < -0.4 is 9.64 Å². The SMILES string of the molecule is CCOC(=O)C1=C(SC)C/C(=C(\C#N)C(=O)OCC)N(c2ccc(OC)cc2)C1=N. The molecule has 9 heteroatoms. The van der Waals surface area contributed by atoms with E-state index in [2.05, 4.69) is 0 Å². The van der Waals surface area contributed by atoms with Gasteiger partial charge in [0.2, 0.25) is 0 Å². The van der Waals surface area contributed by atoms with E-state index in [4.69, 9.17) is 19.6 Å². The highest BCUT2D eigenvalue weighted by molar-refractivity contribution is 8.02. The normalized spacial score (nSPS) is 15.4. The number of hydrogen-bond donors (Lipinski definition) is 1. The topological polar surface area (TPSA) is 113 Å². The highest BCUT2D eigenvalue weighted by atomic mass is 32.2. The van der Waals surface area contributed by atoms with Crippen LogP contribution in [0.15, 0.2) is 46.0 Å². The standard InChI is InChI=1S/C21H23N3O5S/c1-5-28-20(25)15(12-22)16-11-17(30-4)18(21(26)29-6-2)19(23)24(16)13-7-9-14(27-3)10-8-13/h7-10,23H,5-6,11H2,1-4H3/b16-15-,23-19?. The molecule has 1 aromatic carbocycles. The number of thioether (sulfide) groups is 1. The summed E-state index contributed by atoms with van der Waals surface area (Å²) < 4.78 is 15.4. The zero-order valence-corrected chi connectivity index (χ0v) is 18.1. The van der Waals surface area contributed by atoms with Gasteiger partial charge in [-0.05, 0) is 44.4 Å². The number of amidine groups is 1. The Labute approximate surface area is 179 Å². The second kappa shape index (κ2) is 10.5. The minimum Gasteiger partial charge on any atom is -0.497 e. The van der Waals surface area contributed by atoms with Crippen molar-refractivity contribution in [3.8, 4) is 11.8 Å². The molecule has 0 aliphatic carbocycles. The summed E-state index contributed by atoms with van der Waals surface area (Å²) in [6.45, 7) is 3.60. The van der Waals surface area contributed by atoms with Crippen molar-refractivity contribution in [2.75, 3.05) is 31.5 Å². The number of carbonyl (C=O) groups excluding carboxylic acids is 2. The number of esters is 2. The largest absolute Gasteiger partial charge is 0.497 e. The van der Waals surface area contributed by atoms with Gasteiger partial charge in [0.05, 0.1) is 26.0 Å². The number of carbonyl (C=O) groups is 2. The molecule has 0 saturated heterocycles. The maximum Gasteiger partial charge on any atom is 0.350 e. The van der Waals surface area contributed by atoms with Gasteiger partial charge in [-0.2, -0.15) is 5.26 Å². The van der Waals surface area contributed by atoms with E-state index in [1.54, 1.807) is 44.4 Å². The van der Waals surface area contributed by atoms with E-state index in [0.29, 0.717) is 16.3 Å². The Kier molecular flexibility index (Phi) is 8.07. The van der Waals surface area contributed by atoms with Crippen LogP contribution in [0.2, 0.25) is 0 Å². The highest BCUT2D eigenvalue weighted by Gasteiger charge is 2.36. The molecule has 0 saturated carbocycles. The van der Waals surface area contributed by atoms with E-state index in [0.717, 1.165) is 0 Å². The summed E-state index contributed by atoms with van der Waals surface area (Å²) in [7, 11) is 1.53. The molecule has 0 radical (unpaired) electrons. The monoisotopic (exact) mass is 429 g/mol. The second-order valence-electron chi connectivity index (χ2n) is 5.94. The molecule has 8 nitrogen and oxygen atoms in total. The summed E-state index contributed by atoms with van der Waals surface area (Å²) in [4.78, 5) is 27.0. The number of benzene rings is 1. The maximum atomic E-state index is 12.6. The molecule has 0 fully saturated rings. The van der Waals surface area contributed by atoms with E-state index in [1.165, 1.54) is 23.8 Å². The van der Waals surface area contributed by atoms with Crippen LogP contribution >= 0.6 is 11.8 Å². The summed E-state index contributed by atoms with van der Waals surface area (Å²) in [5.74, 6) is -0.980. The first-order valence-electron chi connectivity index (χ1n) is 9.21. The zero-order valence-electron chi connectivity index (χ0n) is 17.3. The predicted octanol–water partition coefficient (Wildman–Crippen LogP) is 3.40. The first-order valence-corrected chi connectivity index (χ1v) is 10.4. The fourth-order valence-electron chi connectivity index (χ4n) is 2.93. The van der Waals surface area contributed by atoms with E-state index in [-0.39, 0.29) is 42.3 Å². The van der Waals surface area contributed by atoms with Crippen LogP contribution in [0.3, 0.4) is 0 Å². The van der Waals surface area contributed by atoms with Gasteiger partial charge in [-0.3, -0.25) is 10.3 Å². The number of methoxy groups -OCH3 is 1. The summed E-state index contributed by atoms with van der Waals surface area (Å²) in [6.07, 6.45) is 1.87. The smallest absolute Gasteiger partial charge is 0.350 e. The Morgan fingerprint density at radius 3 is 2.33 bits per heavy atom. The van der Waals surface area contributed by atoms with Crippen molar-refractivity contribution in [1.82, 2.24) is 0 Å². The number of nitrogens with zero attached hydrogens (tertiary/aromatic N) is 2. The molecule has 0 aromatic heterocycles. The fraction of sp³-hybridized carbons (Fsp3) is 0.333. The van der Waals surface area contributed by atoms with Crippen molar-refractivity contribution in [2.45, 2.75) is 20.3 Å². The Bertz CT molecular complexity index is 944. The van der Waals surface area contributed by atoms with Crippen LogP contribution in [-0.2, 0) is 19.1 Å². The number of nitriles is 1. The van der Waals surface area contributed by atoms with Crippen molar-refractivity contribution in [2.24, 2.45) is 0 Å².